The maximum Gasteiger partial charge on any atom is 0.00747 e. The van der Waals surface area contributed by atoms with Gasteiger partial charge in [0, 0.05) is 12.1 Å². The molecule has 1 N–H and O–H groups in total. The van der Waals surface area contributed by atoms with Crippen molar-refractivity contribution in [1.29, 1.82) is 0 Å². The molecule has 1 unspecified atom stereocenters. The molecule has 0 aliphatic heterocycles. The van der Waals surface area contributed by atoms with Gasteiger partial charge in [-0.3, -0.25) is 0 Å². The van der Waals surface area contributed by atoms with E-state index >= 15 is 0 Å². The third kappa shape index (κ3) is 3.23. The molecular weight excluding hydrogens is 194 g/mol. The SMILES string of the molecule is C[C@H](NC1CCCC(C)(C)C1)C1CCCC1. The fraction of sp³-hybridized carbons (Fsp3) is 1.00. The lowest BCUT2D eigenvalue weighted by atomic mass is 9.75. The number of nitrogens with one attached hydrogen (secondary N) is 1. The molecule has 2 aliphatic carbocycles. The van der Waals surface area contributed by atoms with Crippen LogP contribution < -0.4 is 5.32 Å². The maximum atomic E-state index is 3.92. The second-order valence-corrected chi connectivity index (χ2v) is 6.96. The lowest BCUT2D eigenvalue weighted by Gasteiger charge is -2.38. The van der Waals surface area contributed by atoms with E-state index in [1.807, 2.05) is 0 Å². The summed E-state index contributed by atoms with van der Waals surface area (Å²) in [7, 11) is 0. The second-order valence-electron chi connectivity index (χ2n) is 6.96. The van der Waals surface area contributed by atoms with Crippen LogP contribution in [0.15, 0.2) is 0 Å². The van der Waals surface area contributed by atoms with Gasteiger partial charge < -0.3 is 5.32 Å². The van der Waals surface area contributed by atoms with E-state index in [1.165, 1.54) is 51.4 Å². The molecule has 0 amide bonds. The molecule has 2 fully saturated rings. The minimum atomic E-state index is 0.575. The van der Waals surface area contributed by atoms with Gasteiger partial charge in [0.05, 0.1) is 0 Å². The first kappa shape index (κ1) is 12.4. The van der Waals surface area contributed by atoms with Crippen molar-refractivity contribution >= 4 is 0 Å². The molecule has 2 rings (SSSR count). The molecular formula is C15H29N. The highest BCUT2D eigenvalue weighted by Gasteiger charge is 2.30. The summed E-state index contributed by atoms with van der Waals surface area (Å²) in [5, 5.41) is 3.92. The molecule has 0 aromatic carbocycles. The van der Waals surface area contributed by atoms with Gasteiger partial charge in [0.1, 0.15) is 0 Å². The zero-order valence-corrected chi connectivity index (χ0v) is 11.4. The third-order valence-corrected chi connectivity index (χ3v) is 4.81. The Hall–Kier alpha value is -0.0400. The maximum absolute atomic E-state index is 3.92. The molecule has 2 saturated carbocycles. The lowest BCUT2D eigenvalue weighted by molar-refractivity contribution is 0.180. The van der Waals surface area contributed by atoms with Gasteiger partial charge in [-0.1, -0.05) is 33.1 Å². The molecule has 0 heterocycles. The fourth-order valence-corrected chi connectivity index (χ4v) is 3.81. The average Bonchev–Trinajstić information content (AvgIpc) is 2.68. The first-order valence-electron chi connectivity index (χ1n) is 7.33. The Morgan fingerprint density at radius 1 is 1.06 bits per heavy atom. The van der Waals surface area contributed by atoms with Crippen LogP contribution in [0.25, 0.3) is 0 Å². The summed E-state index contributed by atoms with van der Waals surface area (Å²) in [4.78, 5) is 0. The zero-order chi connectivity index (χ0) is 11.6. The molecule has 0 radical (unpaired) electrons. The predicted molar refractivity (Wildman–Crippen MR) is 70.6 cm³/mol. The van der Waals surface area contributed by atoms with Gasteiger partial charge in [-0.25, -0.2) is 0 Å². The second kappa shape index (κ2) is 5.08. The molecule has 0 aromatic heterocycles. The van der Waals surface area contributed by atoms with E-state index in [-0.39, 0.29) is 0 Å². The van der Waals surface area contributed by atoms with Crippen molar-refractivity contribution in [1.82, 2.24) is 5.32 Å². The monoisotopic (exact) mass is 223 g/mol. The first-order chi connectivity index (χ1) is 7.57. The molecule has 0 bridgehead atoms. The predicted octanol–water partition coefficient (Wildman–Crippen LogP) is 4.12. The van der Waals surface area contributed by atoms with Crippen LogP contribution in [-0.2, 0) is 0 Å². The van der Waals surface area contributed by atoms with Crippen LogP contribution in [0.5, 0.6) is 0 Å². The standard InChI is InChI=1S/C15H29N/c1-12(13-7-4-5-8-13)16-14-9-6-10-15(2,3)11-14/h12-14,16H,4-11H2,1-3H3/t12-,14?/m0/s1. The normalized spacial score (nSPS) is 32.8. The minimum absolute atomic E-state index is 0.575. The Kier molecular flexibility index (Phi) is 3.94. The van der Waals surface area contributed by atoms with Crippen molar-refractivity contribution in [3.8, 4) is 0 Å². The third-order valence-electron chi connectivity index (χ3n) is 4.81. The molecule has 94 valence electrons. The molecule has 1 nitrogen and oxygen atoms in total. The minimum Gasteiger partial charge on any atom is -0.311 e. The van der Waals surface area contributed by atoms with Crippen molar-refractivity contribution < 1.29 is 0 Å². The van der Waals surface area contributed by atoms with Crippen LogP contribution >= 0.6 is 0 Å². The summed E-state index contributed by atoms with van der Waals surface area (Å²) in [5.41, 5.74) is 0.575. The van der Waals surface area contributed by atoms with Crippen molar-refractivity contribution in [3.05, 3.63) is 0 Å². The molecule has 2 aliphatic rings. The van der Waals surface area contributed by atoms with Crippen LogP contribution in [0.2, 0.25) is 0 Å². The Balaban J connectivity index is 1.79. The molecule has 0 saturated heterocycles. The number of hydrogen-bond acceptors (Lipinski definition) is 1. The van der Waals surface area contributed by atoms with E-state index in [4.69, 9.17) is 0 Å². The summed E-state index contributed by atoms with van der Waals surface area (Å²) >= 11 is 0. The van der Waals surface area contributed by atoms with Gasteiger partial charge >= 0.3 is 0 Å². The van der Waals surface area contributed by atoms with Crippen molar-refractivity contribution in [2.75, 3.05) is 0 Å². The molecule has 1 heteroatoms. The summed E-state index contributed by atoms with van der Waals surface area (Å²) in [6, 6.07) is 1.54. The molecule has 0 spiro atoms. The highest BCUT2D eigenvalue weighted by Crippen LogP contribution is 2.36. The topological polar surface area (TPSA) is 12.0 Å². The van der Waals surface area contributed by atoms with Crippen LogP contribution in [0.3, 0.4) is 0 Å². The van der Waals surface area contributed by atoms with E-state index in [2.05, 4.69) is 26.1 Å². The number of hydrogen-bond donors (Lipinski definition) is 1. The summed E-state index contributed by atoms with van der Waals surface area (Å²) in [5.74, 6) is 0.963. The van der Waals surface area contributed by atoms with Gasteiger partial charge in [0.2, 0.25) is 0 Å². The van der Waals surface area contributed by atoms with Gasteiger partial charge in [-0.2, -0.15) is 0 Å². The van der Waals surface area contributed by atoms with Crippen molar-refractivity contribution in [2.24, 2.45) is 11.3 Å². The highest BCUT2D eigenvalue weighted by molar-refractivity contribution is 4.87. The van der Waals surface area contributed by atoms with E-state index in [0.717, 1.165) is 18.0 Å². The van der Waals surface area contributed by atoms with Crippen LogP contribution in [0.1, 0.15) is 72.1 Å². The molecule has 16 heavy (non-hydrogen) atoms. The Bertz CT molecular complexity index is 215. The average molecular weight is 223 g/mol. The summed E-state index contributed by atoms with van der Waals surface area (Å²) < 4.78 is 0. The molecule has 0 aromatic rings. The fourth-order valence-electron chi connectivity index (χ4n) is 3.81. The Morgan fingerprint density at radius 2 is 1.75 bits per heavy atom. The summed E-state index contributed by atoms with van der Waals surface area (Å²) in [6.45, 7) is 7.28. The number of rotatable bonds is 3. The van der Waals surface area contributed by atoms with Crippen molar-refractivity contribution in [3.63, 3.8) is 0 Å². The largest absolute Gasteiger partial charge is 0.311 e. The zero-order valence-electron chi connectivity index (χ0n) is 11.4. The van der Waals surface area contributed by atoms with Crippen LogP contribution in [0, 0.1) is 11.3 Å². The summed E-state index contributed by atoms with van der Waals surface area (Å²) in [6.07, 6.45) is 11.5. The van der Waals surface area contributed by atoms with Gasteiger partial charge in [0.15, 0.2) is 0 Å². The van der Waals surface area contributed by atoms with E-state index in [0.29, 0.717) is 5.41 Å². The van der Waals surface area contributed by atoms with E-state index in [9.17, 15) is 0 Å². The smallest absolute Gasteiger partial charge is 0.00747 e. The van der Waals surface area contributed by atoms with Gasteiger partial charge in [0.25, 0.3) is 0 Å². The van der Waals surface area contributed by atoms with Crippen LogP contribution in [-0.4, -0.2) is 12.1 Å². The molecule has 2 atom stereocenters. The Labute approximate surface area is 101 Å². The Morgan fingerprint density at radius 3 is 2.38 bits per heavy atom. The van der Waals surface area contributed by atoms with Gasteiger partial charge in [-0.15, -0.1) is 0 Å². The lowest BCUT2D eigenvalue weighted by Crippen LogP contribution is -2.44. The van der Waals surface area contributed by atoms with E-state index < -0.39 is 0 Å². The van der Waals surface area contributed by atoms with Crippen LogP contribution in [0.4, 0.5) is 0 Å². The quantitative estimate of drug-likeness (QED) is 0.759. The first-order valence-corrected chi connectivity index (χ1v) is 7.33. The van der Waals surface area contributed by atoms with E-state index in [1.54, 1.807) is 0 Å². The van der Waals surface area contributed by atoms with Gasteiger partial charge in [-0.05, 0) is 50.4 Å². The highest BCUT2D eigenvalue weighted by atomic mass is 15.0. The van der Waals surface area contributed by atoms with Crippen molar-refractivity contribution in [2.45, 2.75) is 84.2 Å².